The van der Waals surface area contributed by atoms with Gasteiger partial charge in [0.1, 0.15) is 11.4 Å². The number of nitrogens with zero attached hydrogens (tertiary/aromatic N) is 1. The molecule has 1 heterocycles. The van der Waals surface area contributed by atoms with Gasteiger partial charge in [-0.3, -0.25) is 9.59 Å². The van der Waals surface area contributed by atoms with Crippen LogP contribution in [-0.2, 0) is 9.59 Å². The maximum absolute atomic E-state index is 13.6. The molecule has 0 fully saturated rings. The zero-order chi connectivity index (χ0) is 23.7. The maximum atomic E-state index is 13.6. The molecule has 1 N–H and O–H groups in total. The lowest BCUT2D eigenvalue weighted by Gasteiger charge is -2.18. The van der Waals surface area contributed by atoms with Gasteiger partial charge in [-0.05, 0) is 81.6 Å². The molecular formula is C28H28N2O3. The van der Waals surface area contributed by atoms with E-state index in [9.17, 15) is 9.59 Å². The average molecular weight is 441 g/mol. The molecule has 3 aromatic rings. The topological polar surface area (TPSA) is 58.6 Å². The van der Waals surface area contributed by atoms with E-state index < -0.39 is 0 Å². The summed E-state index contributed by atoms with van der Waals surface area (Å²) in [5, 5.41) is 3.21. The van der Waals surface area contributed by atoms with E-state index in [2.05, 4.69) is 5.32 Å². The van der Waals surface area contributed by atoms with Gasteiger partial charge in [0.05, 0.1) is 17.4 Å². The largest absolute Gasteiger partial charge is 0.491 e. The second kappa shape index (κ2) is 8.94. The van der Waals surface area contributed by atoms with Crippen molar-refractivity contribution in [1.82, 2.24) is 0 Å². The van der Waals surface area contributed by atoms with Crippen molar-refractivity contribution in [1.29, 1.82) is 0 Å². The molecule has 4 rings (SSSR count). The number of carbonyl (C=O) groups excluding carboxylic acids is 2. The minimum absolute atomic E-state index is 0.0693. The molecule has 0 saturated carbocycles. The highest BCUT2D eigenvalue weighted by atomic mass is 16.5. The quantitative estimate of drug-likeness (QED) is 0.493. The molecule has 0 atom stereocenters. The molecule has 168 valence electrons. The highest BCUT2D eigenvalue weighted by Crippen LogP contribution is 2.35. The number of rotatable bonds is 6. The van der Waals surface area contributed by atoms with Crippen LogP contribution in [-0.4, -0.2) is 17.9 Å². The van der Waals surface area contributed by atoms with E-state index in [0.29, 0.717) is 22.5 Å². The van der Waals surface area contributed by atoms with Crippen LogP contribution in [0.15, 0.2) is 72.4 Å². The minimum Gasteiger partial charge on any atom is -0.491 e. The molecule has 1 aliphatic rings. The average Bonchev–Trinajstić information content (AvgIpc) is 3.01. The SMILES string of the molecule is Cc1ccc(C2=C(Nc3ccc(OC(C)C)cc3)C(=O)N(c3cc(C)ccc3C)C2=O)cc1. The Labute approximate surface area is 194 Å². The van der Waals surface area contributed by atoms with Crippen molar-refractivity contribution < 1.29 is 14.3 Å². The Hall–Kier alpha value is -3.86. The molecule has 0 spiro atoms. The first-order valence-electron chi connectivity index (χ1n) is 11.1. The van der Waals surface area contributed by atoms with Gasteiger partial charge in [0.2, 0.25) is 0 Å². The van der Waals surface area contributed by atoms with Crippen molar-refractivity contribution in [3.63, 3.8) is 0 Å². The minimum atomic E-state index is -0.369. The molecule has 5 nitrogen and oxygen atoms in total. The van der Waals surface area contributed by atoms with Gasteiger partial charge in [-0.15, -0.1) is 0 Å². The molecule has 0 aliphatic carbocycles. The van der Waals surface area contributed by atoms with Crippen molar-refractivity contribution >= 4 is 28.8 Å². The fourth-order valence-electron chi connectivity index (χ4n) is 3.85. The summed E-state index contributed by atoms with van der Waals surface area (Å²) in [6.45, 7) is 9.77. The lowest BCUT2D eigenvalue weighted by atomic mass is 10.0. The van der Waals surface area contributed by atoms with Crippen LogP contribution >= 0.6 is 0 Å². The van der Waals surface area contributed by atoms with Crippen LogP contribution < -0.4 is 15.0 Å². The third-order valence-electron chi connectivity index (χ3n) is 5.53. The molecule has 1 aliphatic heterocycles. The first-order chi connectivity index (χ1) is 15.7. The van der Waals surface area contributed by atoms with E-state index in [1.54, 1.807) is 0 Å². The van der Waals surface area contributed by atoms with Crippen molar-refractivity contribution in [2.45, 2.75) is 40.7 Å². The molecule has 0 saturated heterocycles. The summed E-state index contributed by atoms with van der Waals surface area (Å²) in [7, 11) is 0. The van der Waals surface area contributed by atoms with Gasteiger partial charge in [0.25, 0.3) is 11.8 Å². The number of benzene rings is 3. The number of anilines is 2. The number of ether oxygens (including phenoxy) is 1. The number of imide groups is 1. The number of hydrogen-bond acceptors (Lipinski definition) is 4. The molecule has 0 bridgehead atoms. The normalized spacial score (nSPS) is 13.8. The Bertz CT molecular complexity index is 1240. The Morgan fingerprint density at radius 1 is 0.788 bits per heavy atom. The second-order valence-corrected chi connectivity index (χ2v) is 8.67. The Morgan fingerprint density at radius 3 is 2.06 bits per heavy atom. The van der Waals surface area contributed by atoms with Crippen LogP contribution in [0.25, 0.3) is 5.57 Å². The van der Waals surface area contributed by atoms with E-state index in [0.717, 1.165) is 22.4 Å². The predicted octanol–water partition coefficient (Wildman–Crippen LogP) is 5.80. The van der Waals surface area contributed by atoms with E-state index >= 15 is 0 Å². The molecular weight excluding hydrogens is 412 g/mol. The van der Waals surface area contributed by atoms with Crippen LogP contribution in [0.3, 0.4) is 0 Å². The van der Waals surface area contributed by atoms with E-state index in [1.807, 2.05) is 101 Å². The highest BCUT2D eigenvalue weighted by molar-refractivity contribution is 6.46. The zero-order valence-electron chi connectivity index (χ0n) is 19.6. The number of nitrogens with one attached hydrogen (secondary N) is 1. The summed E-state index contributed by atoms with van der Waals surface area (Å²) in [6.07, 6.45) is 0.0693. The van der Waals surface area contributed by atoms with Crippen molar-refractivity contribution in [2.24, 2.45) is 0 Å². The van der Waals surface area contributed by atoms with Gasteiger partial charge >= 0.3 is 0 Å². The molecule has 0 unspecified atom stereocenters. The molecule has 3 aromatic carbocycles. The van der Waals surface area contributed by atoms with Crippen LogP contribution in [0, 0.1) is 20.8 Å². The highest BCUT2D eigenvalue weighted by Gasteiger charge is 2.40. The molecule has 0 radical (unpaired) electrons. The van der Waals surface area contributed by atoms with E-state index in [1.165, 1.54) is 4.90 Å². The summed E-state index contributed by atoms with van der Waals surface area (Å²) in [6, 6.07) is 20.8. The number of amides is 2. The summed E-state index contributed by atoms with van der Waals surface area (Å²) in [4.78, 5) is 28.5. The van der Waals surface area contributed by atoms with Gasteiger partial charge in [-0.25, -0.2) is 4.90 Å². The third kappa shape index (κ3) is 4.53. The molecule has 2 amide bonds. The second-order valence-electron chi connectivity index (χ2n) is 8.67. The lowest BCUT2D eigenvalue weighted by Crippen LogP contribution is -2.33. The third-order valence-corrected chi connectivity index (χ3v) is 5.53. The van der Waals surface area contributed by atoms with Gasteiger partial charge < -0.3 is 10.1 Å². The number of aryl methyl sites for hydroxylation is 3. The lowest BCUT2D eigenvalue weighted by molar-refractivity contribution is -0.120. The number of carbonyl (C=O) groups is 2. The van der Waals surface area contributed by atoms with Gasteiger partial charge in [0.15, 0.2) is 0 Å². The molecule has 0 aromatic heterocycles. The summed E-state index contributed by atoms with van der Waals surface area (Å²) >= 11 is 0. The standard InChI is InChI=1S/C28H28N2O3/c1-17(2)33-23-14-12-22(13-15-23)29-26-25(21-10-7-18(3)8-11-21)27(31)30(28(26)32)24-16-19(4)6-9-20(24)5/h6-17,29H,1-5H3. The van der Waals surface area contributed by atoms with E-state index in [4.69, 9.17) is 4.74 Å². The Balaban J connectivity index is 1.77. The Kier molecular flexibility index (Phi) is 6.05. The van der Waals surface area contributed by atoms with Crippen LogP contribution in [0.4, 0.5) is 11.4 Å². The Morgan fingerprint density at radius 2 is 1.42 bits per heavy atom. The molecule has 33 heavy (non-hydrogen) atoms. The van der Waals surface area contributed by atoms with Crippen molar-refractivity contribution in [3.8, 4) is 5.75 Å². The summed E-state index contributed by atoms with van der Waals surface area (Å²) in [5.74, 6) is 0.0423. The first kappa shape index (κ1) is 22.3. The first-order valence-corrected chi connectivity index (χ1v) is 11.1. The maximum Gasteiger partial charge on any atom is 0.282 e. The van der Waals surface area contributed by atoms with Crippen LogP contribution in [0.2, 0.25) is 0 Å². The fourth-order valence-corrected chi connectivity index (χ4v) is 3.85. The van der Waals surface area contributed by atoms with Crippen LogP contribution in [0.5, 0.6) is 5.75 Å². The monoisotopic (exact) mass is 440 g/mol. The smallest absolute Gasteiger partial charge is 0.282 e. The predicted molar refractivity (Wildman–Crippen MR) is 132 cm³/mol. The van der Waals surface area contributed by atoms with Gasteiger partial charge in [-0.1, -0.05) is 42.0 Å². The van der Waals surface area contributed by atoms with Gasteiger partial charge in [-0.2, -0.15) is 0 Å². The summed E-state index contributed by atoms with van der Waals surface area (Å²) in [5.41, 5.74) is 5.57. The fraction of sp³-hybridized carbons (Fsp3) is 0.214. The summed E-state index contributed by atoms with van der Waals surface area (Å²) < 4.78 is 5.71. The van der Waals surface area contributed by atoms with Crippen LogP contribution in [0.1, 0.15) is 36.1 Å². The van der Waals surface area contributed by atoms with Crippen molar-refractivity contribution in [3.05, 3.63) is 94.7 Å². The number of hydrogen-bond donors (Lipinski definition) is 1. The molecule has 5 heteroatoms. The van der Waals surface area contributed by atoms with Crippen molar-refractivity contribution in [2.75, 3.05) is 10.2 Å². The van der Waals surface area contributed by atoms with Gasteiger partial charge in [0, 0.05) is 5.69 Å². The zero-order valence-corrected chi connectivity index (χ0v) is 19.6. The van der Waals surface area contributed by atoms with E-state index in [-0.39, 0.29) is 23.6 Å².